The molecule has 1 N–H and O–H groups in total. The van der Waals surface area contributed by atoms with Crippen molar-refractivity contribution in [3.05, 3.63) is 65.9 Å². The van der Waals surface area contributed by atoms with Gasteiger partial charge in [0.15, 0.2) is 11.5 Å². The summed E-state index contributed by atoms with van der Waals surface area (Å²) in [6, 6.07) is 16.1. The van der Waals surface area contributed by atoms with E-state index in [-0.39, 0.29) is 12.2 Å². The molecular formula is C19H19NO3. The predicted octanol–water partition coefficient (Wildman–Crippen LogP) is 3.16. The summed E-state index contributed by atoms with van der Waals surface area (Å²) in [6.45, 7) is 2.02. The van der Waals surface area contributed by atoms with Gasteiger partial charge in [-0.3, -0.25) is 0 Å². The van der Waals surface area contributed by atoms with E-state index in [0.717, 1.165) is 24.6 Å². The molecule has 4 nitrogen and oxygen atoms in total. The molecule has 2 aliphatic rings. The van der Waals surface area contributed by atoms with Gasteiger partial charge in [-0.25, -0.2) is 0 Å². The number of ether oxygens (including phenoxy) is 3. The molecule has 0 saturated carbocycles. The lowest BCUT2D eigenvalue weighted by Gasteiger charge is -2.28. The third-order valence-electron chi connectivity index (χ3n) is 4.10. The van der Waals surface area contributed by atoms with Crippen LogP contribution in [0.4, 0.5) is 0 Å². The van der Waals surface area contributed by atoms with Crippen LogP contribution in [-0.2, 0) is 4.74 Å². The maximum absolute atomic E-state index is 5.95. The standard InChI is InChI=1S/C19H19NO3/c1-2-6-16-14(5-1)9-10-21-19(16)12-20-11-15-13-22-17-7-3-4-8-18(17)23-15/h1-10,15,19-20H,11-13H2. The van der Waals surface area contributed by atoms with Crippen molar-refractivity contribution in [2.75, 3.05) is 19.7 Å². The largest absolute Gasteiger partial charge is 0.492 e. The highest BCUT2D eigenvalue weighted by molar-refractivity contribution is 5.55. The molecule has 0 radical (unpaired) electrons. The summed E-state index contributed by atoms with van der Waals surface area (Å²) in [5, 5.41) is 3.43. The molecule has 118 valence electrons. The summed E-state index contributed by atoms with van der Waals surface area (Å²) in [6.07, 6.45) is 3.82. The van der Waals surface area contributed by atoms with E-state index in [4.69, 9.17) is 14.2 Å². The summed E-state index contributed by atoms with van der Waals surface area (Å²) in [7, 11) is 0. The molecule has 0 aromatic heterocycles. The number of hydrogen-bond acceptors (Lipinski definition) is 4. The van der Waals surface area contributed by atoms with Gasteiger partial charge >= 0.3 is 0 Å². The lowest BCUT2D eigenvalue weighted by Crippen LogP contribution is -2.40. The molecule has 2 atom stereocenters. The Morgan fingerprint density at radius 3 is 2.74 bits per heavy atom. The Labute approximate surface area is 135 Å². The maximum Gasteiger partial charge on any atom is 0.161 e. The number of fused-ring (bicyclic) bond motifs is 2. The highest BCUT2D eigenvalue weighted by Gasteiger charge is 2.22. The zero-order valence-electron chi connectivity index (χ0n) is 12.8. The van der Waals surface area contributed by atoms with Crippen LogP contribution >= 0.6 is 0 Å². The first-order valence-corrected chi connectivity index (χ1v) is 7.90. The summed E-state index contributed by atoms with van der Waals surface area (Å²) >= 11 is 0. The zero-order chi connectivity index (χ0) is 15.5. The van der Waals surface area contributed by atoms with Crippen LogP contribution in [0, 0.1) is 0 Å². The lowest BCUT2D eigenvalue weighted by atomic mass is 10.0. The van der Waals surface area contributed by atoms with E-state index in [0.29, 0.717) is 6.61 Å². The molecule has 2 aliphatic heterocycles. The third kappa shape index (κ3) is 3.03. The minimum Gasteiger partial charge on any atom is -0.492 e. The average molecular weight is 309 g/mol. The summed E-state index contributed by atoms with van der Waals surface area (Å²) in [5.41, 5.74) is 2.44. The molecule has 0 fully saturated rings. The molecule has 23 heavy (non-hydrogen) atoms. The fourth-order valence-electron chi connectivity index (χ4n) is 2.93. The van der Waals surface area contributed by atoms with E-state index >= 15 is 0 Å². The Bertz CT molecular complexity index is 713. The predicted molar refractivity (Wildman–Crippen MR) is 88.5 cm³/mol. The van der Waals surface area contributed by atoms with Gasteiger partial charge in [-0.1, -0.05) is 36.4 Å². The molecule has 4 heteroatoms. The molecule has 0 saturated heterocycles. The second-order valence-corrected chi connectivity index (χ2v) is 5.71. The van der Waals surface area contributed by atoms with Crippen LogP contribution in [0.15, 0.2) is 54.8 Å². The monoisotopic (exact) mass is 309 g/mol. The van der Waals surface area contributed by atoms with E-state index in [1.165, 1.54) is 11.1 Å². The number of hydrogen-bond donors (Lipinski definition) is 1. The number of nitrogens with one attached hydrogen (secondary N) is 1. The third-order valence-corrected chi connectivity index (χ3v) is 4.10. The first-order chi connectivity index (χ1) is 11.4. The lowest BCUT2D eigenvalue weighted by molar-refractivity contribution is 0.0836. The Balaban J connectivity index is 1.32. The van der Waals surface area contributed by atoms with Crippen molar-refractivity contribution in [1.29, 1.82) is 0 Å². The molecule has 2 heterocycles. The van der Waals surface area contributed by atoms with Crippen molar-refractivity contribution in [3.63, 3.8) is 0 Å². The molecular weight excluding hydrogens is 290 g/mol. The van der Waals surface area contributed by atoms with Crippen molar-refractivity contribution < 1.29 is 14.2 Å². The molecule has 2 unspecified atom stereocenters. The highest BCUT2D eigenvalue weighted by atomic mass is 16.6. The number of rotatable bonds is 4. The minimum atomic E-state index is 0.0132. The van der Waals surface area contributed by atoms with Crippen molar-refractivity contribution >= 4 is 6.08 Å². The summed E-state index contributed by atoms with van der Waals surface area (Å²) in [5.74, 6) is 1.63. The Morgan fingerprint density at radius 1 is 0.957 bits per heavy atom. The van der Waals surface area contributed by atoms with Crippen molar-refractivity contribution in [2.45, 2.75) is 12.2 Å². The van der Waals surface area contributed by atoms with Gasteiger partial charge in [0, 0.05) is 18.7 Å². The van der Waals surface area contributed by atoms with Gasteiger partial charge in [-0.2, -0.15) is 0 Å². The first-order valence-electron chi connectivity index (χ1n) is 7.90. The SMILES string of the molecule is C1=Cc2ccccc2C(CNCC2COc3ccccc3O2)O1. The van der Waals surface area contributed by atoms with Crippen LogP contribution < -0.4 is 14.8 Å². The fourth-order valence-corrected chi connectivity index (χ4v) is 2.93. The van der Waals surface area contributed by atoms with Crippen LogP contribution in [0.3, 0.4) is 0 Å². The van der Waals surface area contributed by atoms with E-state index < -0.39 is 0 Å². The quantitative estimate of drug-likeness (QED) is 0.942. The minimum absolute atomic E-state index is 0.0132. The Morgan fingerprint density at radius 2 is 1.78 bits per heavy atom. The first kappa shape index (κ1) is 14.2. The summed E-state index contributed by atoms with van der Waals surface area (Å²) in [4.78, 5) is 0. The van der Waals surface area contributed by atoms with E-state index in [2.05, 4.69) is 17.4 Å². The Hall–Kier alpha value is -2.46. The van der Waals surface area contributed by atoms with E-state index in [1.807, 2.05) is 42.5 Å². The summed E-state index contributed by atoms with van der Waals surface area (Å²) < 4.78 is 17.4. The van der Waals surface area contributed by atoms with Gasteiger partial charge < -0.3 is 19.5 Å². The van der Waals surface area contributed by atoms with Crippen LogP contribution in [0.1, 0.15) is 17.2 Å². The van der Waals surface area contributed by atoms with Crippen molar-refractivity contribution in [3.8, 4) is 11.5 Å². The van der Waals surface area contributed by atoms with Crippen LogP contribution in [0.5, 0.6) is 11.5 Å². The molecule has 0 bridgehead atoms. The van der Waals surface area contributed by atoms with Gasteiger partial charge in [-0.05, 0) is 23.8 Å². The number of benzene rings is 2. The van der Waals surface area contributed by atoms with Crippen LogP contribution in [0.25, 0.3) is 6.08 Å². The topological polar surface area (TPSA) is 39.7 Å². The van der Waals surface area contributed by atoms with Gasteiger partial charge in [0.2, 0.25) is 0 Å². The molecule has 0 spiro atoms. The maximum atomic E-state index is 5.95. The Kier molecular flexibility index (Phi) is 3.90. The van der Waals surface area contributed by atoms with E-state index in [1.54, 1.807) is 6.26 Å². The second kappa shape index (κ2) is 6.34. The number of para-hydroxylation sites is 2. The van der Waals surface area contributed by atoms with Gasteiger partial charge in [0.05, 0.1) is 6.26 Å². The zero-order valence-corrected chi connectivity index (χ0v) is 12.8. The molecule has 0 amide bonds. The normalized spacial score (nSPS) is 21.4. The van der Waals surface area contributed by atoms with Gasteiger partial charge in [0.25, 0.3) is 0 Å². The van der Waals surface area contributed by atoms with E-state index in [9.17, 15) is 0 Å². The smallest absolute Gasteiger partial charge is 0.161 e. The molecule has 0 aliphatic carbocycles. The highest BCUT2D eigenvalue weighted by Crippen LogP contribution is 2.31. The van der Waals surface area contributed by atoms with Gasteiger partial charge in [0.1, 0.15) is 18.8 Å². The van der Waals surface area contributed by atoms with Crippen molar-refractivity contribution in [2.24, 2.45) is 0 Å². The van der Waals surface area contributed by atoms with Crippen LogP contribution in [0.2, 0.25) is 0 Å². The fraction of sp³-hybridized carbons (Fsp3) is 0.263. The molecule has 4 rings (SSSR count). The second-order valence-electron chi connectivity index (χ2n) is 5.71. The van der Waals surface area contributed by atoms with Crippen LogP contribution in [-0.4, -0.2) is 25.8 Å². The molecule has 2 aromatic rings. The molecule has 2 aromatic carbocycles. The van der Waals surface area contributed by atoms with Crippen molar-refractivity contribution in [1.82, 2.24) is 5.32 Å². The van der Waals surface area contributed by atoms with Gasteiger partial charge in [-0.15, -0.1) is 0 Å². The average Bonchev–Trinajstić information content (AvgIpc) is 2.62.